The summed E-state index contributed by atoms with van der Waals surface area (Å²) < 4.78 is 18.0. The van der Waals surface area contributed by atoms with E-state index in [1.807, 2.05) is 0 Å². The van der Waals surface area contributed by atoms with Gasteiger partial charge >= 0.3 is 5.97 Å². The Bertz CT molecular complexity index is 588. The number of carbonyl (C=O) groups excluding carboxylic acids is 1. The van der Waals surface area contributed by atoms with Gasteiger partial charge in [0.15, 0.2) is 5.13 Å². The zero-order valence-corrected chi connectivity index (χ0v) is 11.6. The van der Waals surface area contributed by atoms with Crippen molar-refractivity contribution in [3.63, 3.8) is 0 Å². The predicted molar refractivity (Wildman–Crippen MR) is 70.8 cm³/mol. The van der Waals surface area contributed by atoms with Gasteiger partial charge in [0.25, 0.3) is 0 Å². The maximum atomic E-state index is 13.0. The second-order valence-electron chi connectivity index (χ2n) is 3.28. The van der Waals surface area contributed by atoms with Crippen LogP contribution in [0.25, 0.3) is 0 Å². The van der Waals surface area contributed by atoms with Gasteiger partial charge in [-0.05, 0) is 34.1 Å². The zero-order valence-electron chi connectivity index (χ0n) is 9.24. The van der Waals surface area contributed by atoms with Crippen molar-refractivity contribution in [1.29, 1.82) is 0 Å². The fourth-order valence-corrected chi connectivity index (χ4v) is 2.36. The molecule has 2 rings (SSSR count). The van der Waals surface area contributed by atoms with Crippen LogP contribution in [0, 0.1) is 5.82 Å². The lowest BCUT2D eigenvalue weighted by Crippen LogP contribution is -1.96. The normalized spacial score (nSPS) is 10.2. The van der Waals surface area contributed by atoms with Crippen molar-refractivity contribution >= 4 is 44.1 Å². The Morgan fingerprint density at radius 1 is 1.56 bits per heavy atom. The maximum absolute atomic E-state index is 13.0. The van der Waals surface area contributed by atoms with Crippen LogP contribution in [0.5, 0.6) is 0 Å². The summed E-state index contributed by atoms with van der Waals surface area (Å²) in [5, 5.41) is 3.51. The van der Waals surface area contributed by atoms with E-state index < -0.39 is 5.97 Å². The molecule has 0 amide bonds. The fourth-order valence-electron chi connectivity index (χ4n) is 1.22. The van der Waals surface area contributed by atoms with E-state index >= 15 is 0 Å². The van der Waals surface area contributed by atoms with E-state index in [9.17, 15) is 9.18 Å². The molecule has 94 valence electrons. The second kappa shape index (κ2) is 5.45. The summed E-state index contributed by atoms with van der Waals surface area (Å²) in [7, 11) is 1.31. The molecule has 1 N–H and O–H groups in total. The molecule has 0 atom stereocenters. The molecule has 0 bridgehead atoms. The molecule has 0 radical (unpaired) electrons. The molecule has 0 aliphatic carbocycles. The largest absolute Gasteiger partial charge is 0.465 e. The molecule has 1 heterocycles. The van der Waals surface area contributed by atoms with Crippen LogP contribution >= 0.6 is 27.3 Å². The van der Waals surface area contributed by atoms with Gasteiger partial charge < -0.3 is 10.1 Å². The molecule has 4 nitrogen and oxygen atoms in total. The fraction of sp³-hybridized carbons (Fsp3) is 0.0909. The highest BCUT2D eigenvalue weighted by atomic mass is 79.9. The topological polar surface area (TPSA) is 51.2 Å². The minimum absolute atomic E-state index is 0.338. The number of hydrogen-bond acceptors (Lipinski definition) is 5. The molecule has 0 unspecified atom stereocenters. The maximum Gasteiger partial charge on any atom is 0.349 e. The number of methoxy groups -OCH3 is 1. The molecule has 0 spiro atoms. The minimum Gasteiger partial charge on any atom is -0.465 e. The third-order valence-electron chi connectivity index (χ3n) is 2.06. The minimum atomic E-state index is -0.430. The average Bonchev–Trinajstić information content (AvgIpc) is 2.81. The molecule has 0 saturated heterocycles. The van der Waals surface area contributed by atoms with Crippen molar-refractivity contribution in [3.05, 3.63) is 39.6 Å². The van der Waals surface area contributed by atoms with Crippen LogP contribution in [0.15, 0.2) is 28.9 Å². The van der Waals surface area contributed by atoms with Crippen molar-refractivity contribution < 1.29 is 13.9 Å². The molecule has 2 aromatic rings. The molecule has 0 saturated carbocycles. The van der Waals surface area contributed by atoms with Crippen LogP contribution in [0.4, 0.5) is 15.2 Å². The van der Waals surface area contributed by atoms with Gasteiger partial charge in [0.2, 0.25) is 0 Å². The number of ether oxygens (including phenoxy) is 1. The summed E-state index contributed by atoms with van der Waals surface area (Å²) in [4.78, 5) is 15.7. The van der Waals surface area contributed by atoms with Gasteiger partial charge in [-0.15, -0.1) is 0 Å². The average molecular weight is 331 g/mol. The van der Waals surface area contributed by atoms with Gasteiger partial charge in [-0.25, -0.2) is 14.2 Å². The first kappa shape index (κ1) is 13.0. The van der Waals surface area contributed by atoms with Crippen molar-refractivity contribution in [3.8, 4) is 0 Å². The second-order valence-corrected chi connectivity index (χ2v) is 5.16. The van der Waals surface area contributed by atoms with E-state index in [4.69, 9.17) is 0 Å². The summed E-state index contributed by atoms with van der Waals surface area (Å²) in [6.07, 6.45) is 1.43. The summed E-state index contributed by atoms with van der Waals surface area (Å²) in [6, 6.07) is 4.51. The van der Waals surface area contributed by atoms with Crippen LogP contribution in [0.3, 0.4) is 0 Å². The van der Waals surface area contributed by atoms with Gasteiger partial charge in [-0.1, -0.05) is 11.3 Å². The molecule has 1 aromatic heterocycles. The molecule has 18 heavy (non-hydrogen) atoms. The highest BCUT2D eigenvalue weighted by Crippen LogP contribution is 2.26. The first-order valence-corrected chi connectivity index (χ1v) is 6.47. The molecule has 0 aliphatic rings. The monoisotopic (exact) mass is 330 g/mol. The Hall–Kier alpha value is -1.47. The zero-order chi connectivity index (χ0) is 13.1. The van der Waals surface area contributed by atoms with E-state index in [-0.39, 0.29) is 5.82 Å². The summed E-state index contributed by atoms with van der Waals surface area (Å²) >= 11 is 4.26. The summed E-state index contributed by atoms with van der Waals surface area (Å²) in [5.41, 5.74) is 0.675. The van der Waals surface area contributed by atoms with E-state index in [2.05, 4.69) is 31.0 Å². The van der Waals surface area contributed by atoms with Gasteiger partial charge in [0.05, 0.1) is 17.8 Å². The van der Waals surface area contributed by atoms with Gasteiger partial charge in [0.1, 0.15) is 10.7 Å². The number of carbonyl (C=O) groups is 1. The van der Waals surface area contributed by atoms with Crippen molar-refractivity contribution in [2.24, 2.45) is 0 Å². The molecular formula is C11H8BrFN2O2S. The lowest BCUT2D eigenvalue weighted by molar-refractivity contribution is 0.0606. The highest BCUT2D eigenvalue weighted by Gasteiger charge is 2.10. The third kappa shape index (κ3) is 2.85. The van der Waals surface area contributed by atoms with Crippen LogP contribution in [-0.4, -0.2) is 18.1 Å². The van der Waals surface area contributed by atoms with Crippen molar-refractivity contribution in [2.75, 3.05) is 12.4 Å². The SMILES string of the molecule is COC(=O)c1cnc(Nc2ccc(F)c(Br)c2)s1. The van der Waals surface area contributed by atoms with E-state index in [0.29, 0.717) is 20.2 Å². The number of aromatic nitrogens is 1. The van der Waals surface area contributed by atoms with Gasteiger partial charge in [0, 0.05) is 5.69 Å². The molecule has 0 aliphatic heterocycles. The Kier molecular flexibility index (Phi) is 3.93. The molecule has 7 heteroatoms. The quantitative estimate of drug-likeness (QED) is 0.874. The molecule has 0 fully saturated rings. The van der Waals surface area contributed by atoms with E-state index in [0.717, 1.165) is 11.3 Å². The highest BCUT2D eigenvalue weighted by molar-refractivity contribution is 9.10. The lowest BCUT2D eigenvalue weighted by atomic mass is 10.3. The molecular weight excluding hydrogens is 323 g/mol. The Labute approximate surface area is 115 Å². The number of rotatable bonds is 3. The number of thiazole rings is 1. The van der Waals surface area contributed by atoms with Crippen LogP contribution in [0.1, 0.15) is 9.67 Å². The number of esters is 1. The van der Waals surface area contributed by atoms with Gasteiger partial charge in [-0.2, -0.15) is 0 Å². The summed E-state index contributed by atoms with van der Waals surface area (Å²) in [5.74, 6) is -0.768. The summed E-state index contributed by atoms with van der Waals surface area (Å²) in [6.45, 7) is 0. The number of anilines is 2. The van der Waals surface area contributed by atoms with Crippen LogP contribution < -0.4 is 5.32 Å². The Morgan fingerprint density at radius 2 is 2.33 bits per heavy atom. The van der Waals surface area contributed by atoms with Gasteiger partial charge in [-0.3, -0.25) is 0 Å². The Morgan fingerprint density at radius 3 is 3.00 bits per heavy atom. The van der Waals surface area contributed by atoms with Crippen molar-refractivity contribution in [2.45, 2.75) is 0 Å². The first-order valence-electron chi connectivity index (χ1n) is 4.86. The standard InChI is InChI=1S/C11H8BrFN2O2S/c1-17-10(16)9-5-14-11(18-9)15-6-2-3-8(13)7(12)4-6/h2-5H,1H3,(H,14,15). The molecule has 1 aromatic carbocycles. The lowest BCUT2D eigenvalue weighted by Gasteiger charge is -2.03. The smallest absolute Gasteiger partial charge is 0.349 e. The van der Waals surface area contributed by atoms with Crippen molar-refractivity contribution in [1.82, 2.24) is 4.98 Å². The van der Waals surface area contributed by atoms with E-state index in [1.165, 1.54) is 19.4 Å². The van der Waals surface area contributed by atoms with Crippen LogP contribution in [0.2, 0.25) is 0 Å². The number of benzene rings is 1. The number of nitrogens with zero attached hydrogens (tertiary/aromatic N) is 1. The predicted octanol–water partition coefficient (Wildman–Crippen LogP) is 3.57. The number of hydrogen-bond donors (Lipinski definition) is 1. The number of halogens is 2. The third-order valence-corrected chi connectivity index (χ3v) is 3.56. The number of nitrogens with one attached hydrogen (secondary N) is 1. The first-order chi connectivity index (χ1) is 8.60. The van der Waals surface area contributed by atoms with E-state index in [1.54, 1.807) is 12.1 Å². The van der Waals surface area contributed by atoms with Crippen LogP contribution in [-0.2, 0) is 4.74 Å². The Balaban J connectivity index is 2.16.